The lowest BCUT2D eigenvalue weighted by Gasteiger charge is -2.18. The largest absolute Gasteiger partial charge is 0.490 e. The highest BCUT2D eigenvalue weighted by Gasteiger charge is 2.18. The second-order valence-corrected chi connectivity index (χ2v) is 7.03. The fourth-order valence-corrected chi connectivity index (χ4v) is 3.32. The third kappa shape index (κ3) is 4.56. The summed E-state index contributed by atoms with van der Waals surface area (Å²) in [6, 6.07) is 6.51. The maximum atomic E-state index is 8.57. The molecule has 7 N–H and O–H groups in total. The highest BCUT2D eigenvalue weighted by Crippen LogP contribution is 2.31. The number of nitrogens with zero attached hydrogens (tertiary/aromatic N) is 2. The smallest absolute Gasteiger partial charge is 0.177 e. The minimum atomic E-state index is -0.943. The number of nitrogens with one attached hydrogen (secondary N) is 1. The maximum absolute atomic E-state index is 8.57. The second kappa shape index (κ2) is 9.17. The number of pyridine rings is 2. The molecule has 10 heteroatoms. The topological polar surface area (TPSA) is 146 Å². The molecule has 3 rings (SSSR count). The summed E-state index contributed by atoms with van der Waals surface area (Å²) in [5.74, 6) is 1.03. The molecule has 2 heterocycles. The number of halogens is 2. The lowest BCUT2D eigenvalue weighted by atomic mass is 10.0. The van der Waals surface area contributed by atoms with Gasteiger partial charge in [0.15, 0.2) is 17.8 Å². The molecule has 0 amide bonds. The van der Waals surface area contributed by atoms with Crippen molar-refractivity contribution in [3.8, 4) is 11.5 Å². The normalized spacial score (nSPS) is 11.7. The molecule has 2 aromatic heterocycles. The zero-order chi connectivity index (χ0) is 21.8. The fraction of sp³-hybridized carbons (Fsp3) is 0.150. The number of benzene rings is 1. The Labute approximate surface area is 183 Å². The van der Waals surface area contributed by atoms with Crippen LogP contribution >= 0.6 is 23.2 Å². The summed E-state index contributed by atoms with van der Waals surface area (Å²) in [6.07, 6.45) is 3.40. The quantitative estimate of drug-likeness (QED) is 0.245. The second-order valence-electron chi connectivity index (χ2n) is 6.22. The number of ether oxygens (including phenoxy) is 2. The zero-order valence-electron chi connectivity index (χ0n) is 16.0. The number of hydrogen-bond donors (Lipinski definition) is 4. The van der Waals surface area contributed by atoms with Gasteiger partial charge in [-0.05, 0) is 31.2 Å². The standard InChI is InChI=1S/C20H20Cl2N6O2/c1-2-29-16-5-10(7-28-19(16)25)18(24)12-6-11(3-4-15(12)23)30-20(26)17-13(21)8-27-9-14(17)22/h3-9,20,24H,2,23,26H2,1H3,(H2,25,28)/t20-/m0/s1. The first-order valence-corrected chi connectivity index (χ1v) is 9.65. The van der Waals surface area contributed by atoms with Crippen molar-refractivity contribution in [1.29, 1.82) is 5.41 Å². The van der Waals surface area contributed by atoms with Crippen molar-refractivity contribution in [2.45, 2.75) is 13.2 Å². The molecule has 3 aromatic rings. The number of anilines is 2. The first-order chi connectivity index (χ1) is 14.3. The molecule has 0 bridgehead atoms. The van der Waals surface area contributed by atoms with Crippen molar-refractivity contribution in [1.82, 2.24) is 9.97 Å². The lowest BCUT2D eigenvalue weighted by Crippen LogP contribution is -2.19. The van der Waals surface area contributed by atoms with Crippen LogP contribution in [-0.4, -0.2) is 22.3 Å². The van der Waals surface area contributed by atoms with Crippen LogP contribution < -0.4 is 26.7 Å². The van der Waals surface area contributed by atoms with E-state index in [0.29, 0.717) is 40.5 Å². The molecule has 0 aliphatic heterocycles. The van der Waals surface area contributed by atoms with E-state index < -0.39 is 6.23 Å². The van der Waals surface area contributed by atoms with Gasteiger partial charge in [0.05, 0.1) is 22.4 Å². The molecule has 1 aromatic carbocycles. The van der Waals surface area contributed by atoms with Crippen molar-refractivity contribution in [3.63, 3.8) is 0 Å². The van der Waals surface area contributed by atoms with E-state index in [1.54, 1.807) is 24.3 Å². The summed E-state index contributed by atoms with van der Waals surface area (Å²) < 4.78 is 11.2. The molecular formula is C20H20Cl2N6O2. The molecule has 8 nitrogen and oxygen atoms in total. The summed E-state index contributed by atoms with van der Waals surface area (Å²) in [5.41, 5.74) is 19.9. The van der Waals surface area contributed by atoms with Crippen LogP contribution in [0.25, 0.3) is 0 Å². The van der Waals surface area contributed by atoms with Gasteiger partial charge in [-0.3, -0.25) is 16.1 Å². The molecule has 156 valence electrons. The molecule has 0 saturated heterocycles. The van der Waals surface area contributed by atoms with E-state index in [4.69, 9.17) is 55.3 Å². The van der Waals surface area contributed by atoms with Gasteiger partial charge in [0.2, 0.25) is 0 Å². The van der Waals surface area contributed by atoms with Crippen LogP contribution in [0.15, 0.2) is 42.9 Å². The molecule has 0 aliphatic carbocycles. The number of aromatic nitrogens is 2. The van der Waals surface area contributed by atoms with Gasteiger partial charge in [0.1, 0.15) is 5.75 Å². The summed E-state index contributed by atoms with van der Waals surface area (Å²) in [6.45, 7) is 2.26. The van der Waals surface area contributed by atoms with Crippen LogP contribution in [0.3, 0.4) is 0 Å². The summed E-state index contributed by atoms with van der Waals surface area (Å²) in [4.78, 5) is 7.99. The summed E-state index contributed by atoms with van der Waals surface area (Å²) in [5, 5.41) is 9.14. The Morgan fingerprint density at radius 2 is 1.83 bits per heavy atom. The third-order valence-electron chi connectivity index (χ3n) is 4.20. The minimum absolute atomic E-state index is 0.125. The van der Waals surface area contributed by atoms with Crippen molar-refractivity contribution in [2.24, 2.45) is 5.73 Å². The van der Waals surface area contributed by atoms with Gasteiger partial charge in [-0.15, -0.1) is 0 Å². The predicted octanol–water partition coefficient (Wildman–Crippen LogP) is 3.80. The Kier molecular flexibility index (Phi) is 6.61. The summed E-state index contributed by atoms with van der Waals surface area (Å²) >= 11 is 12.3. The van der Waals surface area contributed by atoms with Crippen LogP contribution in [-0.2, 0) is 0 Å². The number of nitrogen functional groups attached to an aromatic ring is 2. The summed E-state index contributed by atoms with van der Waals surface area (Å²) in [7, 11) is 0. The van der Waals surface area contributed by atoms with Crippen molar-refractivity contribution in [2.75, 3.05) is 18.1 Å². The van der Waals surface area contributed by atoms with Crippen LogP contribution in [0.2, 0.25) is 10.0 Å². The molecule has 0 saturated carbocycles. The maximum Gasteiger partial charge on any atom is 0.177 e. The lowest BCUT2D eigenvalue weighted by molar-refractivity contribution is 0.214. The zero-order valence-corrected chi connectivity index (χ0v) is 17.5. The van der Waals surface area contributed by atoms with Crippen LogP contribution in [0.4, 0.5) is 11.5 Å². The molecule has 1 atom stereocenters. The monoisotopic (exact) mass is 446 g/mol. The average molecular weight is 447 g/mol. The molecule has 0 radical (unpaired) electrons. The van der Waals surface area contributed by atoms with Gasteiger partial charge in [-0.2, -0.15) is 0 Å². The van der Waals surface area contributed by atoms with Crippen LogP contribution in [0.5, 0.6) is 11.5 Å². The Hall–Kier alpha value is -3.07. The van der Waals surface area contributed by atoms with E-state index in [-0.39, 0.29) is 21.6 Å². The number of rotatable bonds is 7. The SMILES string of the molecule is CCOc1cc(C(=N)c2cc(O[C@H](N)c3c(Cl)cncc3Cl)ccc2N)cnc1N. The Balaban J connectivity index is 1.90. The molecular weight excluding hydrogens is 427 g/mol. The van der Waals surface area contributed by atoms with E-state index in [1.807, 2.05) is 6.92 Å². The third-order valence-corrected chi connectivity index (χ3v) is 4.80. The highest BCUT2D eigenvalue weighted by molar-refractivity contribution is 6.35. The van der Waals surface area contributed by atoms with Gasteiger partial charge < -0.3 is 20.9 Å². The first-order valence-electron chi connectivity index (χ1n) is 8.90. The molecule has 0 unspecified atom stereocenters. The average Bonchev–Trinajstić information content (AvgIpc) is 2.70. The molecule has 0 fully saturated rings. The Morgan fingerprint density at radius 3 is 2.50 bits per heavy atom. The minimum Gasteiger partial charge on any atom is -0.490 e. The van der Waals surface area contributed by atoms with Gasteiger partial charge in [-0.25, -0.2) is 4.98 Å². The molecule has 30 heavy (non-hydrogen) atoms. The Bertz CT molecular complexity index is 1070. The van der Waals surface area contributed by atoms with Gasteiger partial charge >= 0.3 is 0 Å². The molecule has 0 spiro atoms. The van der Waals surface area contributed by atoms with Crippen LogP contribution in [0, 0.1) is 5.41 Å². The van der Waals surface area contributed by atoms with E-state index in [2.05, 4.69) is 9.97 Å². The molecule has 0 aliphatic rings. The van der Waals surface area contributed by atoms with Crippen LogP contribution in [0.1, 0.15) is 29.8 Å². The predicted molar refractivity (Wildman–Crippen MR) is 118 cm³/mol. The van der Waals surface area contributed by atoms with Crippen molar-refractivity contribution >= 4 is 40.4 Å². The van der Waals surface area contributed by atoms with Gasteiger partial charge in [-0.1, -0.05) is 23.2 Å². The van der Waals surface area contributed by atoms with Crippen molar-refractivity contribution < 1.29 is 9.47 Å². The first kappa shape index (κ1) is 21.6. The van der Waals surface area contributed by atoms with Gasteiger partial charge in [0, 0.05) is 41.0 Å². The van der Waals surface area contributed by atoms with E-state index in [9.17, 15) is 0 Å². The Morgan fingerprint density at radius 1 is 1.13 bits per heavy atom. The fourth-order valence-electron chi connectivity index (χ4n) is 2.74. The van der Waals surface area contributed by atoms with E-state index in [0.717, 1.165) is 0 Å². The van der Waals surface area contributed by atoms with E-state index in [1.165, 1.54) is 18.6 Å². The van der Waals surface area contributed by atoms with Crippen molar-refractivity contribution in [3.05, 3.63) is 69.6 Å². The highest BCUT2D eigenvalue weighted by atomic mass is 35.5. The van der Waals surface area contributed by atoms with Gasteiger partial charge in [0.25, 0.3) is 0 Å². The number of hydrogen-bond acceptors (Lipinski definition) is 8. The number of nitrogens with two attached hydrogens (primary N) is 3. The van der Waals surface area contributed by atoms with E-state index >= 15 is 0 Å².